The number of methoxy groups -OCH3 is 1. The van der Waals surface area contributed by atoms with E-state index in [9.17, 15) is 13.2 Å². The molecule has 0 unspecified atom stereocenters. The average Bonchev–Trinajstić information content (AvgIpc) is 2.07. The molecule has 0 saturated carbocycles. The summed E-state index contributed by atoms with van der Waals surface area (Å²) >= 11 is 2.78. The van der Waals surface area contributed by atoms with Crippen LogP contribution in [-0.4, -0.2) is 7.11 Å². The molecule has 0 aliphatic carbocycles. The van der Waals surface area contributed by atoms with Crippen LogP contribution in [-0.2, 0) is 6.18 Å². The van der Waals surface area contributed by atoms with E-state index in [1.165, 1.54) is 13.2 Å². The number of ether oxygens (including phenoxy) is 1. The van der Waals surface area contributed by atoms with Crippen molar-refractivity contribution in [2.45, 2.75) is 6.18 Å². The summed E-state index contributed by atoms with van der Waals surface area (Å²) in [6.07, 6.45) is -4.44. The lowest BCUT2D eigenvalue weighted by atomic mass is 10.2. The largest absolute Gasteiger partial charge is 0.497 e. The van der Waals surface area contributed by atoms with E-state index in [0.717, 1.165) is 6.07 Å². The van der Waals surface area contributed by atoms with Crippen LogP contribution in [0.25, 0.3) is 0 Å². The molecular formula is C8H7BrF3NO. The van der Waals surface area contributed by atoms with E-state index < -0.39 is 11.7 Å². The first-order valence-corrected chi connectivity index (χ1v) is 4.35. The molecule has 0 fully saturated rings. The van der Waals surface area contributed by atoms with Crippen molar-refractivity contribution in [3.05, 3.63) is 22.2 Å². The third kappa shape index (κ3) is 2.12. The van der Waals surface area contributed by atoms with Crippen LogP contribution >= 0.6 is 15.9 Å². The topological polar surface area (TPSA) is 35.2 Å². The Labute approximate surface area is 87.0 Å². The maximum absolute atomic E-state index is 12.4. The van der Waals surface area contributed by atoms with Gasteiger partial charge in [0, 0.05) is 6.07 Å². The van der Waals surface area contributed by atoms with Gasteiger partial charge in [-0.25, -0.2) is 0 Å². The van der Waals surface area contributed by atoms with Gasteiger partial charge in [0.05, 0.1) is 22.8 Å². The Morgan fingerprint density at radius 3 is 2.36 bits per heavy atom. The molecule has 0 aromatic heterocycles. The van der Waals surface area contributed by atoms with Gasteiger partial charge in [-0.15, -0.1) is 0 Å². The molecule has 0 amide bonds. The summed E-state index contributed by atoms with van der Waals surface area (Å²) in [5.41, 5.74) is 4.53. The summed E-state index contributed by atoms with van der Waals surface area (Å²) in [6.45, 7) is 0. The smallest absolute Gasteiger partial charge is 0.417 e. The van der Waals surface area contributed by atoms with Gasteiger partial charge in [-0.1, -0.05) is 0 Å². The molecule has 0 aliphatic rings. The van der Waals surface area contributed by atoms with E-state index in [4.69, 9.17) is 5.73 Å². The Hall–Kier alpha value is -0.910. The van der Waals surface area contributed by atoms with Crippen LogP contribution in [0.2, 0.25) is 0 Å². The first-order valence-electron chi connectivity index (χ1n) is 3.56. The Balaban J connectivity index is 3.35. The van der Waals surface area contributed by atoms with Crippen molar-refractivity contribution in [2.24, 2.45) is 0 Å². The minimum atomic E-state index is -4.44. The third-order valence-electron chi connectivity index (χ3n) is 1.62. The highest BCUT2D eigenvalue weighted by atomic mass is 79.9. The number of hydrogen-bond donors (Lipinski definition) is 1. The van der Waals surface area contributed by atoms with E-state index in [1.54, 1.807) is 0 Å². The SMILES string of the molecule is COc1cc(N)c(Br)c(C(F)(F)F)c1. The predicted molar refractivity (Wildman–Crippen MR) is 50.1 cm³/mol. The number of hydrogen-bond acceptors (Lipinski definition) is 2. The number of benzene rings is 1. The van der Waals surface area contributed by atoms with Crippen LogP contribution < -0.4 is 10.5 Å². The molecule has 0 radical (unpaired) electrons. The van der Waals surface area contributed by atoms with E-state index in [2.05, 4.69) is 20.7 Å². The first-order chi connectivity index (χ1) is 6.36. The van der Waals surface area contributed by atoms with E-state index in [1.807, 2.05) is 0 Å². The molecule has 1 rings (SSSR count). The van der Waals surface area contributed by atoms with Crippen LogP contribution in [0.15, 0.2) is 16.6 Å². The fourth-order valence-electron chi connectivity index (χ4n) is 0.944. The van der Waals surface area contributed by atoms with Crippen LogP contribution in [0, 0.1) is 0 Å². The minimum Gasteiger partial charge on any atom is -0.497 e. The molecular weight excluding hydrogens is 263 g/mol. The predicted octanol–water partition coefficient (Wildman–Crippen LogP) is 3.06. The Morgan fingerprint density at radius 2 is 1.93 bits per heavy atom. The van der Waals surface area contributed by atoms with Gasteiger partial charge in [0.1, 0.15) is 5.75 Å². The second-order valence-corrected chi connectivity index (χ2v) is 3.37. The van der Waals surface area contributed by atoms with Crippen LogP contribution in [0.1, 0.15) is 5.56 Å². The quantitative estimate of drug-likeness (QED) is 0.796. The lowest BCUT2D eigenvalue weighted by Crippen LogP contribution is -2.08. The molecule has 2 nitrogen and oxygen atoms in total. The standard InChI is InChI=1S/C8H7BrF3NO/c1-14-4-2-5(8(10,11)12)7(9)6(13)3-4/h2-3H,13H2,1H3. The number of rotatable bonds is 1. The van der Waals surface area contributed by atoms with Gasteiger partial charge < -0.3 is 10.5 Å². The molecule has 0 saturated heterocycles. The molecule has 0 atom stereocenters. The van der Waals surface area contributed by atoms with Gasteiger partial charge in [-0.2, -0.15) is 13.2 Å². The maximum Gasteiger partial charge on any atom is 0.417 e. The van der Waals surface area contributed by atoms with Crippen LogP contribution in [0.5, 0.6) is 5.75 Å². The second-order valence-electron chi connectivity index (χ2n) is 2.58. The van der Waals surface area contributed by atoms with Crippen LogP contribution in [0.4, 0.5) is 18.9 Å². The fraction of sp³-hybridized carbons (Fsp3) is 0.250. The molecule has 2 N–H and O–H groups in total. The fourth-order valence-corrected chi connectivity index (χ4v) is 1.40. The van der Waals surface area contributed by atoms with Crippen molar-refractivity contribution in [1.82, 2.24) is 0 Å². The molecule has 1 aromatic carbocycles. The lowest BCUT2D eigenvalue weighted by Gasteiger charge is -2.12. The Kier molecular flexibility index (Phi) is 2.94. The number of nitrogens with two attached hydrogens (primary N) is 1. The van der Waals surface area contributed by atoms with Crippen LogP contribution in [0.3, 0.4) is 0 Å². The minimum absolute atomic E-state index is 0.00308. The summed E-state index contributed by atoms with van der Waals surface area (Å²) in [4.78, 5) is 0. The zero-order valence-corrected chi connectivity index (χ0v) is 8.74. The Bertz CT molecular complexity index is 351. The maximum atomic E-state index is 12.4. The molecule has 14 heavy (non-hydrogen) atoms. The van der Waals surface area contributed by atoms with Crippen molar-refractivity contribution < 1.29 is 17.9 Å². The number of nitrogen functional groups attached to an aromatic ring is 1. The van der Waals surface area contributed by atoms with Crippen molar-refractivity contribution in [2.75, 3.05) is 12.8 Å². The van der Waals surface area contributed by atoms with Gasteiger partial charge >= 0.3 is 6.18 Å². The van der Waals surface area contributed by atoms with Crippen molar-refractivity contribution in [3.8, 4) is 5.75 Å². The zero-order valence-electron chi connectivity index (χ0n) is 7.15. The summed E-state index contributed by atoms with van der Waals surface area (Å²) in [6, 6.07) is 2.21. The summed E-state index contributed by atoms with van der Waals surface area (Å²) in [5.74, 6) is 0.0815. The molecule has 1 aromatic rings. The van der Waals surface area contributed by atoms with Crippen molar-refractivity contribution in [3.63, 3.8) is 0 Å². The average molecular weight is 270 g/mol. The summed E-state index contributed by atoms with van der Waals surface area (Å²) < 4.78 is 41.7. The monoisotopic (exact) mass is 269 g/mol. The van der Waals surface area contributed by atoms with Gasteiger partial charge in [0.2, 0.25) is 0 Å². The van der Waals surface area contributed by atoms with E-state index >= 15 is 0 Å². The molecule has 78 valence electrons. The summed E-state index contributed by atoms with van der Waals surface area (Å²) in [5, 5.41) is 0. The van der Waals surface area contributed by atoms with Gasteiger partial charge in [-0.3, -0.25) is 0 Å². The summed E-state index contributed by atoms with van der Waals surface area (Å²) in [7, 11) is 1.28. The normalized spacial score (nSPS) is 11.5. The number of alkyl halides is 3. The second kappa shape index (κ2) is 3.68. The van der Waals surface area contributed by atoms with Crippen molar-refractivity contribution >= 4 is 21.6 Å². The van der Waals surface area contributed by atoms with E-state index in [0.29, 0.717) is 0 Å². The first kappa shape index (κ1) is 11.2. The molecule has 0 bridgehead atoms. The zero-order chi connectivity index (χ0) is 10.9. The number of halogens is 4. The third-order valence-corrected chi connectivity index (χ3v) is 2.50. The van der Waals surface area contributed by atoms with Gasteiger partial charge in [0.25, 0.3) is 0 Å². The highest BCUT2D eigenvalue weighted by molar-refractivity contribution is 9.10. The molecule has 0 heterocycles. The van der Waals surface area contributed by atoms with Gasteiger partial charge in [-0.05, 0) is 22.0 Å². The molecule has 0 aliphatic heterocycles. The molecule has 0 spiro atoms. The Morgan fingerprint density at radius 1 is 1.36 bits per heavy atom. The number of anilines is 1. The van der Waals surface area contributed by atoms with Crippen molar-refractivity contribution in [1.29, 1.82) is 0 Å². The lowest BCUT2D eigenvalue weighted by molar-refractivity contribution is -0.138. The highest BCUT2D eigenvalue weighted by Gasteiger charge is 2.34. The highest BCUT2D eigenvalue weighted by Crippen LogP contribution is 2.40. The van der Waals surface area contributed by atoms with Gasteiger partial charge in [0.15, 0.2) is 0 Å². The molecule has 6 heteroatoms. The van der Waals surface area contributed by atoms with E-state index in [-0.39, 0.29) is 15.9 Å².